The third kappa shape index (κ3) is 4.11. The lowest BCUT2D eigenvalue weighted by Gasteiger charge is -1.65. The maximum absolute atomic E-state index is 7.12. The van der Waals surface area contributed by atoms with E-state index in [1.807, 2.05) is 19.9 Å². The topological polar surface area (TPSA) is 66.5 Å². The molecule has 0 unspecified atom stereocenters. The summed E-state index contributed by atoms with van der Waals surface area (Å²) in [6.07, 6.45) is 0. The van der Waals surface area contributed by atoms with E-state index in [1.54, 1.807) is 0 Å². The van der Waals surface area contributed by atoms with E-state index in [-0.39, 0.29) is 0 Å². The fourth-order valence-corrected chi connectivity index (χ4v) is 0.491. The summed E-state index contributed by atoms with van der Waals surface area (Å²) in [6.45, 7) is 3.77. The van der Waals surface area contributed by atoms with Gasteiger partial charge in [-0.05, 0) is 13.8 Å². The molecule has 0 spiro atoms. The van der Waals surface area contributed by atoms with E-state index in [4.69, 9.17) is 14.6 Å². The molecule has 0 aliphatic heterocycles. The smallest absolute Gasteiger partial charge is 0.430 e. The SMILES string of the molecule is Cc1cc(C)on1.OBO. The van der Waals surface area contributed by atoms with Crippen molar-refractivity contribution in [2.75, 3.05) is 0 Å². The molecule has 2 N–H and O–H groups in total. The summed E-state index contributed by atoms with van der Waals surface area (Å²) in [4.78, 5) is 0. The molecule has 56 valence electrons. The number of aryl methyl sites for hydroxylation is 2. The van der Waals surface area contributed by atoms with Crippen LogP contribution in [-0.4, -0.2) is 22.9 Å². The predicted molar refractivity (Wildman–Crippen MR) is 37.6 cm³/mol. The summed E-state index contributed by atoms with van der Waals surface area (Å²) >= 11 is 0. The van der Waals surface area contributed by atoms with Crippen molar-refractivity contribution in [2.24, 2.45) is 0 Å². The van der Waals surface area contributed by atoms with E-state index in [0.717, 1.165) is 11.5 Å². The Balaban J connectivity index is 0.000000236. The number of hydrogen-bond donors (Lipinski definition) is 2. The van der Waals surface area contributed by atoms with E-state index in [2.05, 4.69) is 5.16 Å². The Morgan fingerprint density at radius 1 is 1.50 bits per heavy atom. The van der Waals surface area contributed by atoms with Gasteiger partial charge in [-0.1, -0.05) is 5.16 Å². The van der Waals surface area contributed by atoms with Gasteiger partial charge in [0.2, 0.25) is 0 Å². The van der Waals surface area contributed by atoms with Crippen molar-refractivity contribution in [1.29, 1.82) is 0 Å². The van der Waals surface area contributed by atoms with Gasteiger partial charge in [-0.3, -0.25) is 0 Å². The number of aromatic nitrogens is 1. The van der Waals surface area contributed by atoms with Gasteiger partial charge in [-0.25, -0.2) is 0 Å². The Morgan fingerprint density at radius 3 is 2.10 bits per heavy atom. The van der Waals surface area contributed by atoms with Crippen LogP contribution in [0.25, 0.3) is 0 Å². The van der Waals surface area contributed by atoms with Crippen molar-refractivity contribution in [2.45, 2.75) is 13.8 Å². The molecule has 0 aromatic carbocycles. The molecule has 0 saturated heterocycles. The molecule has 4 nitrogen and oxygen atoms in total. The van der Waals surface area contributed by atoms with Crippen molar-refractivity contribution in [1.82, 2.24) is 5.16 Å². The fraction of sp³-hybridized carbons (Fsp3) is 0.400. The van der Waals surface area contributed by atoms with Crippen LogP contribution < -0.4 is 0 Å². The molecule has 10 heavy (non-hydrogen) atoms. The first kappa shape index (κ1) is 9.19. The zero-order chi connectivity index (χ0) is 7.98. The average molecular weight is 143 g/mol. The van der Waals surface area contributed by atoms with Crippen LogP contribution in [0.3, 0.4) is 0 Å². The van der Waals surface area contributed by atoms with Gasteiger partial charge in [0.1, 0.15) is 5.76 Å². The summed E-state index contributed by atoms with van der Waals surface area (Å²) in [5, 5.41) is 17.9. The highest BCUT2D eigenvalue weighted by Gasteiger charge is 1.88. The van der Waals surface area contributed by atoms with E-state index >= 15 is 0 Å². The lowest BCUT2D eigenvalue weighted by atomic mass is 10.4. The van der Waals surface area contributed by atoms with E-state index < -0.39 is 7.69 Å². The highest BCUT2D eigenvalue weighted by molar-refractivity contribution is 6.13. The predicted octanol–water partition coefficient (Wildman–Crippen LogP) is -0.471. The molecular formula is C5H10BNO3. The standard InChI is InChI=1S/C5H7NO.BH3O2/c1-4-3-5(2)7-6-4;2-1-3/h3H,1-2H3;1-3H. The molecular weight excluding hydrogens is 133 g/mol. The largest absolute Gasteiger partial charge is 0.432 e. The summed E-state index contributed by atoms with van der Waals surface area (Å²) in [5.41, 5.74) is 0.942. The molecule has 0 aliphatic rings. The Hall–Kier alpha value is -0.805. The van der Waals surface area contributed by atoms with Crippen LogP contribution in [-0.2, 0) is 0 Å². The van der Waals surface area contributed by atoms with Crippen molar-refractivity contribution >= 4 is 7.69 Å². The van der Waals surface area contributed by atoms with E-state index in [9.17, 15) is 0 Å². The molecule has 1 heterocycles. The minimum absolute atomic E-state index is 0.750. The Labute approximate surface area is 59.8 Å². The van der Waals surface area contributed by atoms with E-state index in [0.29, 0.717) is 0 Å². The van der Waals surface area contributed by atoms with Gasteiger partial charge in [0.05, 0.1) is 5.69 Å². The maximum atomic E-state index is 7.12. The van der Waals surface area contributed by atoms with Crippen LogP contribution in [0.15, 0.2) is 10.6 Å². The van der Waals surface area contributed by atoms with Crippen molar-refractivity contribution in [3.63, 3.8) is 0 Å². The monoisotopic (exact) mass is 143 g/mol. The van der Waals surface area contributed by atoms with Gasteiger partial charge in [0, 0.05) is 6.07 Å². The zero-order valence-corrected chi connectivity index (χ0v) is 6.03. The first-order valence-electron chi connectivity index (χ1n) is 2.82. The van der Waals surface area contributed by atoms with Crippen LogP contribution in [0.4, 0.5) is 0 Å². The molecule has 0 bridgehead atoms. The second-order valence-corrected chi connectivity index (χ2v) is 1.72. The summed E-state index contributed by atoms with van der Waals surface area (Å²) in [5.74, 6) is 0.873. The fourth-order valence-electron chi connectivity index (χ4n) is 0.491. The molecule has 0 fully saturated rings. The molecule has 5 heteroatoms. The van der Waals surface area contributed by atoms with Gasteiger partial charge in [-0.2, -0.15) is 0 Å². The summed E-state index contributed by atoms with van der Waals surface area (Å²) < 4.78 is 4.71. The van der Waals surface area contributed by atoms with Crippen LogP contribution >= 0.6 is 0 Å². The van der Waals surface area contributed by atoms with Crippen LogP contribution in [0, 0.1) is 13.8 Å². The number of hydrogen-bond acceptors (Lipinski definition) is 4. The van der Waals surface area contributed by atoms with Crippen LogP contribution in [0.5, 0.6) is 0 Å². The third-order valence-corrected chi connectivity index (χ3v) is 0.746. The normalized spacial score (nSPS) is 8.00. The highest BCUT2D eigenvalue weighted by atomic mass is 16.5. The van der Waals surface area contributed by atoms with Crippen molar-refractivity contribution in [3.05, 3.63) is 17.5 Å². The van der Waals surface area contributed by atoms with Crippen molar-refractivity contribution < 1.29 is 14.6 Å². The van der Waals surface area contributed by atoms with Gasteiger partial charge in [0.25, 0.3) is 0 Å². The molecule has 0 saturated carbocycles. The Bertz CT molecular complexity index is 161. The number of nitrogens with zero attached hydrogens (tertiary/aromatic N) is 1. The zero-order valence-electron chi connectivity index (χ0n) is 6.03. The summed E-state index contributed by atoms with van der Waals surface area (Å²) in [7, 11) is -0.750. The lowest BCUT2D eigenvalue weighted by molar-refractivity contribution is 0.393. The minimum Gasteiger partial charge on any atom is -0.430 e. The summed E-state index contributed by atoms with van der Waals surface area (Å²) in [6, 6.07) is 1.89. The molecule has 1 aromatic rings. The maximum Gasteiger partial charge on any atom is 0.432 e. The quantitative estimate of drug-likeness (QED) is 0.481. The van der Waals surface area contributed by atoms with Gasteiger partial charge >= 0.3 is 7.69 Å². The Kier molecular flexibility index (Phi) is 4.61. The molecule has 0 atom stereocenters. The van der Waals surface area contributed by atoms with Crippen LogP contribution in [0.2, 0.25) is 0 Å². The first-order valence-corrected chi connectivity index (χ1v) is 2.82. The molecule has 1 aromatic heterocycles. The first-order chi connectivity index (χ1) is 4.70. The minimum atomic E-state index is -0.750. The Morgan fingerprint density at radius 2 is 2.00 bits per heavy atom. The molecule has 1 rings (SSSR count). The second-order valence-electron chi connectivity index (χ2n) is 1.72. The van der Waals surface area contributed by atoms with Crippen molar-refractivity contribution in [3.8, 4) is 0 Å². The molecule has 0 amide bonds. The van der Waals surface area contributed by atoms with Crippen LogP contribution in [0.1, 0.15) is 11.5 Å². The number of rotatable bonds is 0. The second kappa shape index (κ2) is 5.02. The third-order valence-electron chi connectivity index (χ3n) is 0.746. The average Bonchev–Trinajstić information content (AvgIpc) is 2.17. The highest BCUT2D eigenvalue weighted by Crippen LogP contribution is 1.96. The van der Waals surface area contributed by atoms with E-state index in [1.165, 1.54) is 0 Å². The van der Waals surface area contributed by atoms with Gasteiger partial charge < -0.3 is 14.6 Å². The molecule has 0 radical (unpaired) electrons. The molecule has 0 aliphatic carbocycles. The lowest BCUT2D eigenvalue weighted by Crippen LogP contribution is -1.75. The van der Waals surface area contributed by atoms with Gasteiger partial charge in [-0.15, -0.1) is 0 Å². The van der Waals surface area contributed by atoms with Gasteiger partial charge in [0.15, 0.2) is 0 Å².